The van der Waals surface area contributed by atoms with Crippen molar-refractivity contribution in [3.63, 3.8) is 0 Å². The Morgan fingerprint density at radius 2 is 1.72 bits per heavy atom. The van der Waals surface area contributed by atoms with Gasteiger partial charge in [-0.1, -0.05) is 68.4 Å². The van der Waals surface area contributed by atoms with Gasteiger partial charge in [0.25, 0.3) is 5.91 Å². The molecule has 0 aliphatic rings. The minimum atomic E-state index is -0.344. The molecule has 0 radical (unpaired) electrons. The summed E-state index contributed by atoms with van der Waals surface area (Å²) >= 11 is 1.48. The molecule has 29 heavy (non-hydrogen) atoms. The predicted octanol–water partition coefficient (Wildman–Crippen LogP) is 5.54. The van der Waals surface area contributed by atoms with Gasteiger partial charge in [0.05, 0.1) is 9.88 Å². The van der Waals surface area contributed by atoms with Crippen LogP contribution >= 0.6 is 11.3 Å². The molecule has 0 aliphatic carbocycles. The maximum atomic E-state index is 13.0. The van der Waals surface area contributed by atoms with Crippen molar-refractivity contribution in [1.29, 1.82) is 0 Å². The Balaban J connectivity index is 1.62. The summed E-state index contributed by atoms with van der Waals surface area (Å²) in [7, 11) is 0. The van der Waals surface area contributed by atoms with E-state index in [4.69, 9.17) is 4.63 Å². The van der Waals surface area contributed by atoms with Gasteiger partial charge in [-0.2, -0.15) is 0 Å². The Kier molecular flexibility index (Phi) is 5.22. The Morgan fingerprint density at radius 3 is 2.41 bits per heavy atom. The van der Waals surface area contributed by atoms with Crippen LogP contribution in [0.15, 0.2) is 59.2 Å². The quantitative estimate of drug-likeness (QED) is 0.472. The molecular formula is C22H20N4O2S. The van der Waals surface area contributed by atoms with Gasteiger partial charge in [0.1, 0.15) is 5.69 Å². The molecule has 0 bridgehead atoms. The van der Waals surface area contributed by atoms with Gasteiger partial charge in [0.2, 0.25) is 5.82 Å². The molecule has 0 aliphatic heterocycles. The number of nitrogens with zero attached hydrogens (tertiary/aromatic N) is 3. The molecule has 0 fully saturated rings. The summed E-state index contributed by atoms with van der Waals surface area (Å²) in [5.41, 5.74) is 3.85. The Morgan fingerprint density at radius 1 is 1.00 bits per heavy atom. The van der Waals surface area contributed by atoms with Gasteiger partial charge in [0, 0.05) is 5.56 Å². The van der Waals surface area contributed by atoms with E-state index in [0.717, 1.165) is 21.0 Å². The zero-order chi connectivity index (χ0) is 20.4. The van der Waals surface area contributed by atoms with Crippen molar-refractivity contribution in [2.24, 2.45) is 0 Å². The number of hydrogen-bond acceptors (Lipinski definition) is 6. The fourth-order valence-corrected chi connectivity index (χ4v) is 3.94. The van der Waals surface area contributed by atoms with E-state index in [2.05, 4.69) is 34.5 Å². The highest BCUT2D eigenvalue weighted by Gasteiger charge is 2.22. The van der Waals surface area contributed by atoms with Crippen LogP contribution in [0, 0.1) is 6.92 Å². The van der Waals surface area contributed by atoms with Crippen LogP contribution in [0.5, 0.6) is 0 Å². The molecule has 146 valence electrons. The third-order valence-electron chi connectivity index (χ3n) is 4.56. The molecule has 0 unspecified atom stereocenters. The largest absolute Gasteiger partial charge is 0.300 e. The Hall–Kier alpha value is -3.32. The van der Waals surface area contributed by atoms with Crippen LogP contribution in [-0.4, -0.2) is 21.2 Å². The first kappa shape index (κ1) is 19.0. The molecule has 0 saturated heterocycles. The second-order valence-corrected chi connectivity index (χ2v) is 8.17. The number of anilines is 1. The van der Waals surface area contributed by atoms with Crippen LogP contribution in [-0.2, 0) is 0 Å². The molecule has 2 aromatic carbocycles. The van der Waals surface area contributed by atoms with Crippen molar-refractivity contribution in [2.45, 2.75) is 26.7 Å². The van der Waals surface area contributed by atoms with Gasteiger partial charge in [-0.05, 0) is 34.3 Å². The minimum absolute atomic E-state index is 0.275. The van der Waals surface area contributed by atoms with Gasteiger partial charge >= 0.3 is 0 Å². The predicted molar refractivity (Wildman–Crippen MR) is 114 cm³/mol. The zero-order valence-corrected chi connectivity index (χ0v) is 17.2. The third kappa shape index (κ3) is 3.95. The Labute approximate surface area is 172 Å². The lowest BCUT2D eigenvalue weighted by molar-refractivity contribution is 0.102. The number of thiazole rings is 1. The summed E-state index contributed by atoms with van der Waals surface area (Å²) in [6.45, 7) is 6.16. The minimum Gasteiger partial charge on any atom is -0.300 e. The van der Waals surface area contributed by atoms with E-state index in [0.29, 0.717) is 17.3 Å². The van der Waals surface area contributed by atoms with Gasteiger partial charge in [-0.3, -0.25) is 4.79 Å². The van der Waals surface area contributed by atoms with Crippen LogP contribution in [0.4, 0.5) is 5.82 Å². The lowest BCUT2D eigenvalue weighted by atomic mass is 10.0. The number of benzene rings is 2. The molecule has 4 rings (SSSR count). The molecule has 0 atom stereocenters. The van der Waals surface area contributed by atoms with Crippen molar-refractivity contribution in [1.82, 2.24) is 15.3 Å². The highest BCUT2D eigenvalue weighted by atomic mass is 32.1. The Bertz CT molecular complexity index is 1130. The molecule has 0 spiro atoms. The zero-order valence-electron chi connectivity index (χ0n) is 16.3. The average Bonchev–Trinajstić information content (AvgIpc) is 3.35. The number of rotatable bonds is 5. The average molecular weight is 404 g/mol. The first-order chi connectivity index (χ1) is 14.0. The third-order valence-corrected chi connectivity index (χ3v) is 5.58. The van der Waals surface area contributed by atoms with Crippen LogP contribution in [0.25, 0.3) is 21.7 Å². The van der Waals surface area contributed by atoms with E-state index in [1.54, 1.807) is 0 Å². The molecule has 7 heteroatoms. The number of aromatic nitrogens is 3. The second kappa shape index (κ2) is 7.97. The van der Waals surface area contributed by atoms with Crippen LogP contribution < -0.4 is 5.32 Å². The van der Waals surface area contributed by atoms with Gasteiger partial charge < -0.3 is 5.32 Å². The van der Waals surface area contributed by atoms with Crippen molar-refractivity contribution in [2.75, 3.05) is 5.32 Å². The van der Waals surface area contributed by atoms with Crippen LogP contribution in [0.2, 0.25) is 0 Å². The molecule has 4 aromatic rings. The number of aryl methyl sites for hydroxylation is 1. The van der Waals surface area contributed by atoms with E-state index in [1.165, 1.54) is 16.9 Å². The van der Waals surface area contributed by atoms with Crippen molar-refractivity contribution in [3.05, 3.63) is 70.9 Å². The molecule has 1 amide bonds. The molecule has 2 aromatic heterocycles. The number of nitrogens with one attached hydrogen (secondary N) is 1. The highest BCUT2D eigenvalue weighted by Crippen LogP contribution is 2.31. The molecule has 1 N–H and O–H groups in total. The number of hydrogen-bond donors (Lipinski definition) is 1. The standard InChI is InChI=1S/C22H20N4O2S/c1-13(2)15-9-11-16(12-10-15)18-21(26-28-25-18)24-22(27)19-20(29-14(3)23-19)17-7-5-4-6-8-17/h4-13H,1-3H3,(H,24,26,27). The fraction of sp³-hybridized carbons (Fsp3) is 0.182. The van der Waals surface area contributed by atoms with Gasteiger partial charge in [-0.25, -0.2) is 9.61 Å². The van der Waals surface area contributed by atoms with Crippen molar-refractivity contribution < 1.29 is 9.42 Å². The number of amides is 1. The monoisotopic (exact) mass is 404 g/mol. The summed E-state index contributed by atoms with van der Waals surface area (Å²) in [4.78, 5) is 18.2. The smallest absolute Gasteiger partial charge is 0.277 e. The lowest BCUT2D eigenvalue weighted by Crippen LogP contribution is -2.14. The number of carbonyl (C=O) groups is 1. The van der Waals surface area contributed by atoms with Gasteiger partial charge in [-0.15, -0.1) is 11.3 Å². The van der Waals surface area contributed by atoms with E-state index >= 15 is 0 Å². The van der Waals surface area contributed by atoms with E-state index in [1.807, 2.05) is 61.5 Å². The molecule has 6 nitrogen and oxygen atoms in total. The fourth-order valence-electron chi connectivity index (χ4n) is 3.02. The summed E-state index contributed by atoms with van der Waals surface area (Å²) in [6.07, 6.45) is 0. The molecular weight excluding hydrogens is 384 g/mol. The van der Waals surface area contributed by atoms with Crippen molar-refractivity contribution >= 4 is 23.1 Å². The van der Waals surface area contributed by atoms with E-state index in [9.17, 15) is 4.79 Å². The van der Waals surface area contributed by atoms with E-state index in [-0.39, 0.29) is 11.7 Å². The summed E-state index contributed by atoms with van der Waals surface area (Å²) in [5.74, 6) is 0.365. The second-order valence-electron chi connectivity index (χ2n) is 6.97. The maximum Gasteiger partial charge on any atom is 0.277 e. The summed E-state index contributed by atoms with van der Waals surface area (Å²) in [5, 5.41) is 11.5. The van der Waals surface area contributed by atoms with E-state index < -0.39 is 0 Å². The van der Waals surface area contributed by atoms with Gasteiger partial charge in [0.15, 0.2) is 5.69 Å². The lowest BCUT2D eigenvalue weighted by Gasteiger charge is -2.06. The topological polar surface area (TPSA) is 80.9 Å². The first-order valence-electron chi connectivity index (χ1n) is 9.30. The maximum absolute atomic E-state index is 13.0. The van der Waals surface area contributed by atoms with Crippen LogP contribution in [0.1, 0.15) is 40.8 Å². The normalized spacial score (nSPS) is 11.0. The van der Waals surface area contributed by atoms with Crippen molar-refractivity contribution in [3.8, 4) is 21.7 Å². The summed E-state index contributed by atoms with van der Waals surface area (Å²) < 4.78 is 4.90. The first-order valence-corrected chi connectivity index (χ1v) is 10.1. The summed E-state index contributed by atoms with van der Waals surface area (Å²) in [6, 6.07) is 17.7. The molecule has 0 saturated carbocycles. The number of carbonyl (C=O) groups excluding carboxylic acids is 1. The SMILES string of the molecule is Cc1nc(C(=O)Nc2nonc2-c2ccc(C(C)C)cc2)c(-c2ccccc2)s1. The molecule has 2 heterocycles. The highest BCUT2D eigenvalue weighted by molar-refractivity contribution is 7.15. The van der Waals surface area contributed by atoms with Crippen LogP contribution in [0.3, 0.4) is 0 Å².